The summed E-state index contributed by atoms with van der Waals surface area (Å²) in [5.74, 6) is -4.48. The molecule has 3 aromatic rings. The summed E-state index contributed by atoms with van der Waals surface area (Å²) in [6, 6.07) is 13.3. The Kier molecular flexibility index (Phi) is 17.1. The second-order valence-electron chi connectivity index (χ2n) is 12.7. The number of fused-ring (bicyclic) bond motifs is 1. The van der Waals surface area contributed by atoms with Crippen molar-refractivity contribution < 1.29 is 75.1 Å². The Morgan fingerprint density at radius 1 is 0.960 bits per heavy atom. The van der Waals surface area contributed by atoms with E-state index in [-0.39, 0.29) is 69.8 Å². The number of carboxylic acid groups (broad SMARTS) is 1. The summed E-state index contributed by atoms with van der Waals surface area (Å²) >= 11 is 0. The van der Waals surface area contributed by atoms with Gasteiger partial charge in [-0.1, -0.05) is 67.8 Å². The second kappa shape index (κ2) is 19.5. The largest absolute Gasteiger partial charge is 1.00 e. The summed E-state index contributed by atoms with van der Waals surface area (Å²) in [5.41, 5.74) is 6.20. The first-order valence-electron chi connectivity index (χ1n) is 16.1. The average Bonchev–Trinajstić information content (AvgIpc) is 3.67. The molecule has 1 unspecified atom stereocenters. The molecule has 2 amide bonds. The molecule has 6 N–H and O–H groups in total. The van der Waals surface area contributed by atoms with Crippen LogP contribution in [0.2, 0.25) is 0 Å². The van der Waals surface area contributed by atoms with Gasteiger partial charge in [0.25, 0.3) is 0 Å². The summed E-state index contributed by atoms with van der Waals surface area (Å²) < 4.78 is 40.7. The molecule has 1 heterocycles. The van der Waals surface area contributed by atoms with Crippen LogP contribution in [0, 0.1) is 5.41 Å². The minimum atomic E-state index is -4.68. The van der Waals surface area contributed by atoms with Crippen LogP contribution in [0.5, 0.6) is 0 Å². The molecular weight excluding hydrogens is 671 g/mol. The Bertz CT molecular complexity index is 1740. The van der Waals surface area contributed by atoms with Gasteiger partial charge in [0.1, 0.15) is 6.04 Å². The van der Waals surface area contributed by atoms with Gasteiger partial charge in [-0.3, -0.25) is 9.59 Å². The number of hydrogen-bond donors (Lipinski definition) is 5. The van der Waals surface area contributed by atoms with Gasteiger partial charge in [0.05, 0.1) is 29.5 Å². The normalized spacial score (nSPS) is 16.9. The minimum absolute atomic E-state index is 0. The van der Waals surface area contributed by atoms with Crippen molar-refractivity contribution in [2.75, 3.05) is 19.0 Å². The van der Waals surface area contributed by atoms with Crippen LogP contribution in [0.25, 0.3) is 10.9 Å². The second-order valence-corrected chi connectivity index (χ2v) is 16.9. The smallest absolute Gasteiger partial charge is 0.798 e. The molecule has 1 aliphatic rings. The first-order valence-corrected chi connectivity index (χ1v) is 19.9. The zero-order valence-electron chi connectivity index (χ0n) is 29.0. The molecule has 50 heavy (non-hydrogen) atoms. The molecule has 4 rings (SSSR count). The number of amides is 2. The van der Waals surface area contributed by atoms with Gasteiger partial charge in [-0.25, -0.2) is 13.1 Å². The number of aromatic nitrogens is 1. The molecular formula is C33H44Li2N5O8PS. The Balaban J connectivity index is 0.00000433. The number of aliphatic carboxylic acids is 1. The summed E-state index contributed by atoms with van der Waals surface area (Å²) in [6.07, 6.45) is 4.37. The van der Waals surface area contributed by atoms with E-state index < -0.39 is 64.6 Å². The summed E-state index contributed by atoms with van der Waals surface area (Å²) in [4.78, 5) is 57.0. The molecule has 1 aliphatic carbocycles. The van der Waals surface area contributed by atoms with Gasteiger partial charge in [-0.05, 0) is 55.8 Å². The van der Waals surface area contributed by atoms with Crippen molar-refractivity contribution in [2.45, 2.75) is 75.7 Å². The van der Waals surface area contributed by atoms with Gasteiger partial charge in [-0.2, -0.15) is 0 Å². The number of nitrogens with one attached hydrogen (secondary N) is 4. The van der Waals surface area contributed by atoms with Gasteiger partial charge in [0.2, 0.25) is 21.8 Å². The number of aromatic amines is 1. The number of hydrogen-bond acceptors (Lipinski definition) is 9. The van der Waals surface area contributed by atoms with E-state index >= 15 is 0 Å². The number of rotatable bonds is 18. The van der Waals surface area contributed by atoms with Crippen molar-refractivity contribution in [3.05, 3.63) is 71.9 Å². The van der Waals surface area contributed by atoms with Crippen molar-refractivity contribution in [1.82, 2.24) is 20.3 Å². The first-order chi connectivity index (χ1) is 22.7. The molecule has 0 bridgehead atoms. The monoisotopic (exact) mass is 715 g/mol. The number of carbonyl (C=O) groups excluding carboxylic acids is 3. The fourth-order valence-electron chi connectivity index (χ4n) is 6.45. The van der Waals surface area contributed by atoms with Crippen molar-refractivity contribution in [3.8, 4) is 0 Å². The summed E-state index contributed by atoms with van der Waals surface area (Å²) in [7, 11) is -8.50. The van der Waals surface area contributed by atoms with Gasteiger partial charge < -0.3 is 40.7 Å². The Morgan fingerprint density at radius 3 is 2.22 bits per heavy atom. The van der Waals surface area contributed by atoms with Crippen LogP contribution in [0.1, 0.15) is 56.1 Å². The molecule has 0 saturated heterocycles. The zero-order chi connectivity index (χ0) is 35.0. The van der Waals surface area contributed by atoms with E-state index in [0.717, 1.165) is 17.2 Å². The summed E-state index contributed by atoms with van der Waals surface area (Å²) in [6.45, 7) is 0.338. The van der Waals surface area contributed by atoms with Crippen molar-refractivity contribution >= 4 is 46.1 Å². The van der Waals surface area contributed by atoms with E-state index in [9.17, 15) is 37.4 Å². The van der Waals surface area contributed by atoms with E-state index in [1.807, 2.05) is 24.3 Å². The molecule has 0 aliphatic heterocycles. The van der Waals surface area contributed by atoms with Crippen LogP contribution in [0.4, 0.5) is 0 Å². The molecule has 1 saturated carbocycles. The molecule has 17 heteroatoms. The number of unbranched alkanes of at least 4 members (excludes halogenated alkanes) is 1. The number of carboxylic acids is 1. The van der Waals surface area contributed by atoms with Crippen LogP contribution >= 0.6 is 7.37 Å². The van der Waals surface area contributed by atoms with Crippen LogP contribution in [0.15, 0.2) is 60.8 Å². The third-order valence-electron chi connectivity index (χ3n) is 8.93. The molecule has 13 nitrogen and oxygen atoms in total. The predicted octanol–water partition coefficient (Wildman–Crippen LogP) is -5.12. The Hall–Kier alpha value is -2.36. The number of sulfonamides is 1. The average molecular weight is 716 g/mol. The number of benzene rings is 2. The molecule has 1 aromatic heterocycles. The number of para-hydroxylation sites is 1. The first kappa shape index (κ1) is 43.8. The van der Waals surface area contributed by atoms with Crippen molar-refractivity contribution in [2.24, 2.45) is 11.1 Å². The quantitative estimate of drug-likeness (QED) is 0.0482. The standard InChI is InChI=1S/C33H46N5O8PS.2Li/c1-48(45,46)38-27(15-7-10-18-34)30(39)37-29(19-23-11-3-2-4-12-23)47(43,44)22-33(16-8-9-17-33)32(42)36-28(31(40)41)20-24-21-35-26-14-6-5-13-25(24)26;;/h2-6,11-14,21,27-29,35,38H,7-10,15-20,22,34H2,1H3,(H,36,42)(H,37,39)(H,40,41)(H,43,44);;/q;2*+1/p-2/t27-,28+,29+;;/m1../s1. The maximum Gasteiger partial charge on any atom is 1.00 e. The SMILES string of the molecule is CS(=O)(=O)N[C@H](CCCCN)C(=O)N[C@H](Cc1ccccc1)P(=O)([O-])CC1(C(=O)N[C@@H](Cc2c[nH]c3ccccc23)C(=O)[O-])CCCC1.[Li+].[Li+]. The zero-order valence-corrected chi connectivity index (χ0v) is 30.7. The maximum absolute atomic E-state index is 14.3. The Morgan fingerprint density at radius 2 is 1.60 bits per heavy atom. The van der Waals surface area contributed by atoms with Crippen LogP contribution in [0.3, 0.4) is 0 Å². The van der Waals surface area contributed by atoms with E-state index in [1.165, 1.54) is 0 Å². The molecule has 1 fully saturated rings. The van der Waals surface area contributed by atoms with Crippen LogP contribution in [-0.4, -0.2) is 68.0 Å². The van der Waals surface area contributed by atoms with E-state index in [2.05, 4.69) is 20.3 Å². The third kappa shape index (κ3) is 12.1. The van der Waals surface area contributed by atoms with Gasteiger partial charge in [-0.15, -0.1) is 0 Å². The van der Waals surface area contributed by atoms with E-state index in [0.29, 0.717) is 43.4 Å². The number of nitrogens with two attached hydrogens (primary N) is 1. The fraction of sp³-hybridized carbons (Fsp3) is 0.485. The van der Waals surface area contributed by atoms with E-state index in [4.69, 9.17) is 5.73 Å². The van der Waals surface area contributed by atoms with Crippen molar-refractivity contribution in [1.29, 1.82) is 0 Å². The van der Waals surface area contributed by atoms with Crippen LogP contribution < -0.4 is 68.8 Å². The molecule has 4 atom stereocenters. The third-order valence-corrected chi connectivity index (χ3v) is 11.9. The molecule has 262 valence electrons. The summed E-state index contributed by atoms with van der Waals surface area (Å²) in [5, 5.41) is 18.2. The minimum Gasteiger partial charge on any atom is -0.798 e. The predicted molar refractivity (Wildman–Crippen MR) is 179 cm³/mol. The van der Waals surface area contributed by atoms with Gasteiger partial charge in [0, 0.05) is 37.1 Å². The van der Waals surface area contributed by atoms with E-state index in [1.54, 1.807) is 36.5 Å². The number of H-pyrrole nitrogens is 1. The topological polar surface area (TPSA) is 226 Å². The van der Waals surface area contributed by atoms with Crippen LogP contribution in [-0.2, 0) is 41.8 Å². The van der Waals surface area contributed by atoms with Crippen molar-refractivity contribution in [3.63, 3.8) is 0 Å². The van der Waals surface area contributed by atoms with Gasteiger partial charge in [0.15, 0.2) is 0 Å². The van der Waals surface area contributed by atoms with Gasteiger partial charge >= 0.3 is 37.7 Å². The number of carbonyl (C=O) groups is 3. The Labute approximate surface area is 317 Å². The molecule has 0 spiro atoms. The molecule has 0 radical (unpaired) electrons. The maximum atomic E-state index is 14.3. The fourth-order valence-corrected chi connectivity index (χ4v) is 9.53. The molecule has 2 aromatic carbocycles.